The van der Waals surface area contributed by atoms with Crippen LogP contribution in [-0.2, 0) is 10.0 Å². The summed E-state index contributed by atoms with van der Waals surface area (Å²) in [5.41, 5.74) is 0.933. The number of benzene rings is 1. The molecule has 1 aromatic rings. The fourth-order valence-electron chi connectivity index (χ4n) is 2.84. The zero-order valence-electron chi connectivity index (χ0n) is 12.0. The Morgan fingerprint density at radius 2 is 2.10 bits per heavy atom. The topological polar surface area (TPSA) is 46.2 Å². The quantitative estimate of drug-likeness (QED) is 0.882. The minimum Gasteiger partial charge on any atom is -0.208 e. The summed E-state index contributed by atoms with van der Waals surface area (Å²) >= 11 is 3.40. The van der Waals surface area contributed by atoms with E-state index >= 15 is 0 Å². The van der Waals surface area contributed by atoms with Gasteiger partial charge in [0, 0.05) is 10.5 Å². The fraction of sp³-hybridized carbons (Fsp3) is 0.600. The number of hydrogen-bond acceptors (Lipinski definition) is 2. The molecule has 0 bridgehead atoms. The summed E-state index contributed by atoms with van der Waals surface area (Å²) in [4.78, 5) is 0.358. The van der Waals surface area contributed by atoms with Gasteiger partial charge in [-0.25, -0.2) is 13.1 Å². The zero-order valence-corrected chi connectivity index (χ0v) is 14.4. The predicted octanol–water partition coefficient (Wildman–Crippen LogP) is 4.00. The van der Waals surface area contributed by atoms with Crippen molar-refractivity contribution in [3.8, 4) is 0 Å². The van der Waals surface area contributed by atoms with E-state index in [1.807, 2.05) is 6.92 Å². The molecule has 112 valence electrons. The third kappa shape index (κ3) is 3.83. The molecule has 0 amide bonds. The van der Waals surface area contributed by atoms with Crippen molar-refractivity contribution in [3.05, 3.63) is 28.2 Å². The smallest absolute Gasteiger partial charge is 0.208 e. The molecule has 20 heavy (non-hydrogen) atoms. The average molecular weight is 360 g/mol. The minimum absolute atomic E-state index is 0.0858. The van der Waals surface area contributed by atoms with E-state index in [1.54, 1.807) is 18.2 Å². The second kappa shape index (κ2) is 6.58. The molecule has 0 aromatic heterocycles. The first-order valence-corrected chi connectivity index (χ1v) is 9.48. The Morgan fingerprint density at radius 1 is 1.35 bits per heavy atom. The zero-order chi connectivity index (χ0) is 14.8. The van der Waals surface area contributed by atoms with Crippen LogP contribution in [-0.4, -0.2) is 14.5 Å². The first-order valence-electron chi connectivity index (χ1n) is 7.21. The first kappa shape index (κ1) is 16.0. The highest BCUT2D eigenvalue weighted by Gasteiger charge is 2.25. The lowest BCUT2D eigenvalue weighted by Gasteiger charge is -2.28. The summed E-state index contributed by atoms with van der Waals surface area (Å²) < 4.78 is 28.7. The Hall–Kier alpha value is -0.390. The van der Waals surface area contributed by atoms with E-state index in [0.29, 0.717) is 10.8 Å². The van der Waals surface area contributed by atoms with Crippen molar-refractivity contribution in [2.75, 3.05) is 0 Å². The second-order valence-corrected chi connectivity index (χ2v) is 8.24. The maximum atomic E-state index is 12.4. The lowest BCUT2D eigenvalue weighted by molar-refractivity contribution is 0.301. The Kier molecular flexibility index (Phi) is 5.26. The van der Waals surface area contributed by atoms with Crippen LogP contribution in [0.25, 0.3) is 0 Å². The lowest BCUT2D eigenvalue weighted by Crippen LogP contribution is -2.38. The van der Waals surface area contributed by atoms with Gasteiger partial charge in [-0.1, -0.05) is 42.1 Å². The van der Waals surface area contributed by atoms with Gasteiger partial charge in [0.2, 0.25) is 10.0 Å². The number of hydrogen-bond donors (Lipinski definition) is 1. The summed E-state index contributed by atoms with van der Waals surface area (Å²) in [6, 6.07) is 5.24. The van der Waals surface area contributed by atoms with Crippen LogP contribution in [0.5, 0.6) is 0 Å². The fourth-order valence-corrected chi connectivity index (χ4v) is 4.46. The molecule has 0 radical (unpaired) electrons. The van der Waals surface area contributed by atoms with E-state index in [0.717, 1.165) is 35.7 Å². The van der Waals surface area contributed by atoms with Gasteiger partial charge < -0.3 is 0 Å². The molecule has 0 heterocycles. The molecule has 0 aliphatic heterocycles. The molecule has 1 aromatic carbocycles. The van der Waals surface area contributed by atoms with Crippen molar-refractivity contribution in [2.45, 2.75) is 56.9 Å². The second-order valence-electron chi connectivity index (χ2n) is 5.67. The van der Waals surface area contributed by atoms with Crippen molar-refractivity contribution < 1.29 is 8.42 Å². The van der Waals surface area contributed by atoms with Gasteiger partial charge in [0.15, 0.2) is 0 Å². The molecule has 1 aliphatic carbocycles. The normalized spacial score (nSPS) is 23.8. The molecule has 5 heteroatoms. The molecule has 2 atom stereocenters. The number of aryl methyl sites for hydroxylation is 1. The van der Waals surface area contributed by atoms with E-state index < -0.39 is 10.0 Å². The highest BCUT2D eigenvalue weighted by Crippen LogP contribution is 2.28. The van der Waals surface area contributed by atoms with Gasteiger partial charge >= 0.3 is 0 Å². The van der Waals surface area contributed by atoms with Crippen LogP contribution in [0.15, 0.2) is 27.6 Å². The lowest BCUT2D eigenvalue weighted by atomic mass is 9.85. The van der Waals surface area contributed by atoms with E-state index in [2.05, 4.69) is 27.6 Å². The Labute approximate surface area is 130 Å². The predicted molar refractivity (Wildman–Crippen MR) is 85.2 cm³/mol. The third-order valence-corrected chi connectivity index (χ3v) is 6.53. The number of halogens is 1. The van der Waals surface area contributed by atoms with Crippen molar-refractivity contribution in [3.63, 3.8) is 0 Å². The minimum atomic E-state index is -3.40. The van der Waals surface area contributed by atoms with Crippen molar-refractivity contribution >= 4 is 26.0 Å². The van der Waals surface area contributed by atoms with Gasteiger partial charge in [-0.05, 0) is 49.4 Å². The Bertz CT molecular complexity index is 571. The van der Waals surface area contributed by atoms with Crippen molar-refractivity contribution in [1.82, 2.24) is 4.72 Å². The summed E-state index contributed by atoms with van der Waals surface area (Å²) in [5.74, 6) is 0.656. The summed E-state index contributed by atoms with van der Waals surface area (Å²) in [6.07, 6.45) is 5.39. The van der Waals surface area contributed by atoms with Gasteiger partial charge in [-0.2, -0.15) is 0 Å². The Morgan fingerprint density at radius 3 is 2.75 bits per heavy atom. The monoisotopic (exact) mass is 359 g/mol. The molecule has 1 N–H and O–H groups in total. The molecular formula is C15H22BrNO2S. The Balaban J connectivity index is 2.12. The molecular weight excluding hydrogens is 338 g/mol. The average Bonchev–Trinajstić information content (AvgIpc) is 2.41. The molecule has 2 rings (SSSR count). The summed E-state index contributed by atoms with van der Waals surface area (Å²) in [6.45, 7) is 4.08. The molecule has 2 unspecified atom stereocenters. The highest BCUT2D eigenvalue weighted by molar-refractivity contribution is 9.10. The van der Waals surface area contributed by atoms with Crippen LogP contribution in [0.3, 0.4) is 0 Å². The largest absolute Gasteiger partial charge is 0.240 e. The van der Waals surface area contributed by atoms with Crippen LogP contribution >= 0.6 is 15.9 Å². The maximum Gasteiger partial charge on any atom is 0.240 e. The third-order valence-electron chi connectivity index (χ3n) is 4.12. The SMILES string of the molecule is CCC1CCCC(NS(=O)(=O)c2ccc(Br)c(C)c2)C1. The van der Waals surface area contributed by atoms with Gasteiger partial charge in [-0.15, -0.1) is 0 Å². The van der Waals surface area contributed by atoms with Crippen LogP contribution in [0.4, 0.5) is 0 Å². The van der Waals surface area contributed by atoms with E-state index in [4.69, 9.17) is 0 Å². The molecule has 1 fully saturated rings. The van der Waals surface area contributed by atoms with Gasteiger partial charge in [-0.3, -0.25) is 0 Å². The molecule has 0 spiro atoms. The van der Waals surface area contributed by atoms with E-state index in [-0.39, 0.29) is 6.04 Å². The number of nitrogens with one attached hydrogen (secondary N) is 1. The maximum absolute atomic E-state index is 12.4. The van der Waals surface area contributed by atoms with Crippen LogP contribution in [0, 0.1) is 12.8 Å². The van der Waals surface area contributed by atoms with Gasteiger partial charge in [0.25, 0.3) is 0 Å². The summed E-state index contributed by atoms with van der Waals surface area (Å²) in [7, 11) is -3.40. The molecule has 1 saturated carbocycles. The molecule has 3 nitrogen and oxygen atoms in total. The molecule has 1 aliphatic rings. The van der Waals surface area contributed by atoms with Crippen molar-refractivity contribution in [1.29, 1.82) is 0 Å². The first-order chi connectivity index (χ1) is 9.42. The van der Waals surface area contributed by atoms with Gasteiger partial charge in [0.05, 0.1) is 4.90 Å². The standard InChI is InChI=1S/C15H22BrNO2S/c1-3-12-5-4-6-13(10-12)17-20(18,19)14-7-8-15(16)11(2)9-14/h7-9,12-13,17H,3-6,10H2,1-2H3. The number of rotatable bonds is 4. The number of sulfonamides is 1. The molecule has 0 saturated heterocycles. The van der Waals surface area contributed by atoms with E-state index in [9.17, 15) is 8.42 Å². The van der Waals surface area contributed by atoms with Crippen LogP contribution < -0.4 is 4.72 Å². The van der Waals surface area contributed by atoms with Crippen LogP contribution in [0.2, 0.25) is 0 Å². The van der Waals surface area contributed by atoms with Gasteiger partial charge in [0.1, 0.15) is 0 Å². The highest BCUT2D eigenvalue weighted by atomic mass is 79.9. The van der Waals surface area contributed by atoms with Crippen LogP contribution in [0.1, 0.15) is 44.6 Å². The summed E-state index contributed by atoms with van der Waals surface area (Å²) in [5, 5.41) is 0. The van der Waals surface area contributed by atoms with E-state index in [1.165, 1.54) is 6.42 Å². The van der Waals surface area contributed by atoms with Crippen molar-refractivity contribution in [2.24, 2.45) is 5.92 Å².